The minimum absolute atomic E-state index is 0.164. The lowest BCUT2D eigenvalue weighted by molar-refractivity contribution is -0.124. The first-order valence-electron chi connectivity index (χ1n) is 4.12. The Kier molecular flexibility index (Phi) is 2.17. The van der Waals surface area contributed by atoms with Gasteiger partial charge in [-0.1, -0.05) is 0 Å². The van der Waals surface area contributed by atoms with E-state index in [0.29, 0.717) is 5.57 Å². The van der Waals surface area contributed by atoms with E-state index in [1.54, 1.807) is 6.08 Å². The molecule has 2 rings (SSSR count). The van der Waals surface area contributed by atoms with Crippen LogP contribution in [0.5, 0.6) is 0 Å². The SMILES string of the molecule is Cc1csc(/C=C2/CC(=O)NC2=O)n1. The number of hydrogen-bond acceptors (Lipinski definition) is 4. The summed E-state index contributed by atoms with van der Waals surface area (Å²) in [5.74, 6) is -0.544. The molecule has 72 valence electrons. The molecule has 0 saturated carbocycles. The first kappa shape index (κ1) is 9.08. The van der Waals surface area contributed by atoms with Gasteiger partial charge in [0.1, 0.15) is 5.01 Å². The maximum Gasteiger partial charge on any atom is 0.254 e. The van der Waals surface area contributed by atoms with Gasteiger partial charge in [0, 0.05) is 16.6 Å². The highest BCUT2D eigenvalue weighted by Gasteiger charge is 2.23. The molecule has 2 amide bonds. The highest BCUT2D eigenvalue weighted by molar-refractivity contribution is 7.10. The third-order valence-electron chi connectivity index (χ3n) is 1.83. The first-order valence-corrected chi connectivity index (χ1v) is 5.00. The van der Waals surface area contributed by atoms with E-state index in [9.17, 15) is 9.59 Å². The molecule has 0 spiro atoms. The Morgan fingerprint density at radius 2 is 2.36 bits per heavy atom. The number of rotatable bonds is 1. The van der Waals surface area contributed by atoms with Crippen LogP contribution in [-0.4, -0.2) is 16.8 Å². The van der Waals surface area contributed by atoms with Crippen molar-refractivity contribution in [1.29, 1.82) is 0 Å². The summed E-state index contributed by atoms with van der Waals surface area (Å²) in [5, 5.41) is 4.89. The first-order chi connectivity index (χ1) is 6.65. The average Bonchev–Trinajstić information content (AvgIpc) is 2.61. The maximum atomic E-state index is 11.2. The molecule has 1 aromatic heterocycles. The van der Waals surface area contributed by atoms with E-state index >= 15 is 0 Å². The maximum absolute atomic E-state index is 11.2. The molecule has 1 saturated heterocycles. The fourth-order valence-corrected chi connectivity index (χ4v) is 1.96. The minimum Gasteiger partial charge on any atom is -0.292 e. The zero-order valence-electron chi connectivity index (χ0n) is 7.53. The Balaban J connectivity index is 2.27. The van der Waals surface area contributed by atoms with Gasteiger partial charge in [0.2, 0.25) is 5.91 Å². The van der Waals surface area contributed by atoms with Gasteiger partial charge in [-0.25, -0.2) is 4.98 Å². The van der Waals surface area contributed by atoms with Crippen molar-refractivity contribution in [3.05, 3.63) is 21.7 Å². The van der Waals surface area contributed by atoms with E-state index < -0.39 is 0 Å². The molecule has 1 N–H and O–H groups in total. The lowest BCUT2D eigenvalue weighted by Crippen LogP contribution is -2.19. The van der Waals surface area contributed by atoms with Crippen molar-refractivity contribution < 1.29 is 9.59 Å². The molecule has 1 aromatic rings. The van der Waals surface area contributed by atoms with Crippen molar-refractivity contribution in [2.45, 2.75) is 13.3 Å². The van der Waals surface area contributed by atoms with Gasteiger partial charge in [-0.05, 0) is 13.0 Å². The molecule has 0 unspecified atom stereocenters. The number of carbonyl (C=O) groups excluding carboxylic acids is 2. The second kappa shape index (κ2) is 3.34. The molecule has 2 heterocycles. The van der Waals surface area contributed by atoms with Crippen LogP contribution in [0.4, 0.5) is 0 Å². The summed E-state index contributed by atoms with van der Waals surface area (Å²) in [6, 6.07) is 0. The highest BCUT2D eigenvalue weighted by Crippen LogP contribution is 2.17. The number of thiazole rings is 1. The molecule has 1 aliphatic heterocycles. The molecular weight excluding hydrogens is 200 g/mol. The van der Waals surface area contributed by atoms with Crippen LogP contribution in [0.1, 0.15) is 17.1 Å². The number of hydrogen-bond donors (Lipinski definition) is 1. The Morgan fingerprint density at radius 1 is 1.57 bits per heavy atom. The second-order valence-corrected chi connectivity index (χ2v) is 3.94. The monoisotopic (exact) mass is 208 g/mol. The number of aryl methyl sites for hydroxylation is 1. The standard InChI is InChI=1S/C9H8N2O2S/c1-5-4-14-8(10-5)3-6-2-7(12)11-9(6)13/h3-4H,2H2,1H3,(H,11,12,13)/b6-3-. The minimum atomic E-state index is -0.303. The Bertz CT molecular complexity index is 434. The van der Waals surface area contributed by atoms with E-state index in [1.807, 2.05) is 12.3 Å². The number of aromatic nitrogens is 1. The van der Waals surface area contributed by atoms with Crippen LogP contribution < -0.4 is 5.32 Å². The summed E-state index contributed by atoms with van der Waals surface area (Å²) in [4.78, 5) is 26.2. The predicted molar refractivity (Wildman–Crippen MR) is 52.6 cm³/mol. The number of carbonyl (C=O) groups is 2. The molecule has 14 heavy (non-hydrogen) atoms. The van der Waals surface area contributed by atoms with E-state index in [1.165, 1.54) is 11.3 Å². The van der Waals surface area contributed by atoms with Crippen LogP contribution in [0, 0.1) is 6.92 Å². The van der Waals surface area contributed by atoms with Crippen LogP contribution in [0.25, 0.3) is 6.08 Å². The Morgan fingerprint density at radius 3 is 2.86 bits per heavy atom. The molecule has 1 aliphatic rings. The van der Waals surface area contributed by atoms with E-state index in [0.717, 1.165) is 10.7 Å². The molecular formula is C9H8N2O2S. The quantitative estimate of drug-likeness (QED) is 0.550. The van der Waals surface area contributed by atoms with Gasteiger partial charge in [0.25, 0.3) is 5.91 Å². The van der Waals surface area contributed by atoms with E-state index in [-0.39, 0.29) is 18.2 Å². The summed E-state index contributed by atoms with van der Waals surface area (Å²) < 4.78 is 0. The summed E-state index contributed by atoms with van der Waals surface area (Å²) in [6.07, 6.45) is 1.83. The molecule has 4 nitrogen and oxygen atoms in total. The van der Waals surface area contributed by atoms with Crippen molar-refractivity contribution in [1.82, 2.24) is 10.3 Å². The van der Waals surface area contributed by atoms with Crippen LogP contribution in [0.2, 0.25) is 0 Å². The fourth-order valence-electron chi connectivity index (χ4n) is 1.21. The normalized spacial score (nSPS) is 19.1. The number of imide groups is 1. The van der Waals surface area contributed by atoms with E-state index in [2.05, 4.69) is 10.3 Å². The van der Waals surface area contributed by atoms with Crippen LogP contribution in [0.15, 0.2) is 11.0 Å². The van der Waals surface area contributed by atoms with Crippen LogP contribution in [0.3, 0.4) is 0 Å². The van der Waals surface area contributed by atoms with Gasteiger partial charge in [-0.3, -0.25) is 14.9 Å². The number of nitrogens with one attached hydrogen (secondary N) is 1. The zero-order valence-corrected chi connectivity index (χ0v) is 8.35. The molecule has 0 aliphatic carbocycles. The average molecular weight is 208 g/mol. The Labute approximate surface area is 84.7 Å². The molecule has 1 fully saturated rings. The summed E-state index contributed by atoms with van der Waals surface area (Å²) in [7, 11) is 0. The molecule has 5 heteroatoms. The summed E-state index contributed by atoms with van der Waals surface area (Å²) in [5.41, 5.74) is 1.41. The smallest absolute Gasteiger partial charge is 0.254 e. The summed E-state index contributed by atoms with van der Waals surface area (Å²) in [6.45, 7) is 1.89. The van der Waals surface area contributed by atoms with Crippen LogP contribution in [-0.2, 0) is 9.59 Å². The van der Waals surface area contributed by atoms with Crippen molar-refractivity contribution in [2.24, 2.45) is 0 Å². The van der Waals surface area contributed by atoms with Gasteiger partial charge < -0.3 is 0 Å². The van der Waals surface area contributed by atoms with Gasteiger partial charge in [0.05, 0.1) is 6.42 Å². The molecule has 0 atom stereocenters. The van der Waals surface area contributed by atoms with Gasteiger partial charge in [0.15, 0.2) is 0 Å². The third-order valence-corrected chi connectivity index (χ3v) is 2.74. The highest BCUT2D eigenvalue weighted by atomic mass is 32.1. The molecule has 0 aromatic carbocycles. The van der Waals surface area contributed by atoms with Crippen molar-refractivity contribution in [2.75, 3.05) is 0 Å². The zero-order chi connectivity index (χ0) is 10.1. The second-order valence-electron chi connectivity index (χ2n) is 3.05. The fraction of sp³-hybridized carbons (Fsp3) is 0.222. The van der Waals surface area contributed by atoms with Gasteiger partial charge in [-0.15, -0.1) is 11.3 Å². The topological polar surface area (TPSA) is 59.1 Å². The third kappa shape index (κ3) is 1.72. The van der Waals surface area contributed by atoms with Gasteiger partial charge >= 0.3 is 0 Å². The predicted octanol–water partition coefficient (Wildman–Crippen LogP) is 0.881. The van der Waals surface area contributed by atoms with Crippen molar-refractivity contribution in [3.8, 4) is 0 Å². The molecule has 0 bridgehead atoms. The van der Waals surface area contributed by atoms with Gasteiger partial charge in [-0.2, -0.15) is 0 Å². The summed E-state index contributed by atoms with van der Waals surface area (Å²) >= 11 is 1.46. The number of nitrogens with zero attached hydrogens (tertiary/aromatic N) is 1. The lowest BCUT2D eigenvalue weighted by Gasteiger charge is -1.88. The van der Waals surface area contributed by atoms with Crippen molar-refractivity contribution >= 4 is 29.2 Å². The Hall–Kier alpha value is -1.49. The molecule has 0 radical (unpaired) electrons. The lowest BCUT2D eigenvalue weighted by atomic mass is 10.2. The number of amides is 2. The largest absolute Gasteiger partial charge is 0.292 e. The van der Waals surface area contributed by atoms with Crippen molar-refractivity contribution in [3.63, 3.8) is 0 Å². The van der Waals surface area contributed by atoms with E-state index in [4.69, 9.17) is 0 Å². The van der Waals surface area contributed by atoms with Crippen LogP contribution >= 0.6 is 11.3 Å².